The molecule has 0 spiro atoms. The molecular weight excluding hydrogens is 368 g/mol. The van der Waals surface area contributed by atoms with Crippen LogP contribution in [0.1, 0.15) is 27.7 Å². The molecule has 0 unspecified atom stereocenters. The van der Waals surface area contributed by atoms with Gasteiger partial charge in [0, 0.05) is 16.7 Å². The number of rotatable bonds is 8. The van der Waals surface area contributed by atoms with Gasteiger partial charge in [-0.3, -0.25) is 9.59 Å². The van der Waals surface area contributed by atoms with E-state index in [4.69, 9.17) is 14.2 Å². The molecule has 0 N–H and O–H groups in total. The molecule has 1 aliphatic rings. The standard InChI is InChI=1S/C16H26O5S3/c1-7-24-14-11(8-19-10(4)17)21-15(20-9(2)3)13(18)12(14)16(22-5)23-6/h9,11,14-15H,7-8H2,1-6H3/t11-,14+,15+/m1/s1. The Morgan fingerprint density at radius 3 is 2.38 bits per heavy atom. The molecule has 8 heteroatoms. The lowest BCUT2D eigenvalue weighted by Gasteiger charge is -2.37. The second-order valence-corrected chi connectivity index (χ2v) is 8.65. The van der Waals surface area contributed by atoms with Crippen LogP contribution in [0.3, 0.4) is 0 Å². The van der Waals surface area contributed by atoms with E-state index in [0.717, 1.165) is 15.6 Å². The van der Waals surface area contributed by atoms with Gasteiger partial charge in [0.2, 0.25) is 12.1 Å². The highest BCUT2D eigenvalue weighted by molar-refractivity contribution is 8.21. The molecule has 138 valence electrons. The maximum Gasteiger partial charge on any atom is 0.302 e. The van der Waals surface area contributed by atoms with Gasteiger partial charge >= 0.3 is 5.97 Å². The maximum atomic E-state index is 12.9. The molecule has 0 aromatic heterocycles. The Bertz CT molecular complexity index is 472. The van der Waals surface area contributed by atoms with E-state index in [1.807, 2.05) is 33.3 Å². The summed E-state index contributed by atoms with van der Waals surface area (Å²) in [6.45, 7) is 7.22. The fraction of sp³-hybridized carbons (Fsp3) is 0.750. The van der Waals surface area contributed by atoms with Crippen molar-refractivity contribution in [1.82, 2.24) is 0 Å². The molecule has 1 fully saturated rings. The van der Waals surface area contributed by atoms with Crippen LogP contribution in [0, 0.1) is 0 Å². The van der Waals surface area contributed by atoms with Crippen molar-refractivity contribution in [2.24, 2.45) is 0 Å². The van der Waals surface area contributed by atoms with Crippen LogP contribution in [0.2, 0.25) is 0 Å². The largest absolute Gasteiger partial charge is 0.463 e. The minimum Gasteiger partial charge on any atom is -0.463 e. The zero-order valence-electron chi connectivity index (χ0n) is 15.0. The average molecular weight is 395 g/mol. The average Bonchev–Trinajstić information content (AvgIpc) is 2.51. The van der Waals surface area contributed by atoms with E-state index in [-0.39, 0.29) is 29.7 Å². The number of carbonyl (C=O) groups is 2. The van der Waals surface area contributed by atoms with E-state index in [1.54, 1.807) is 35.3 Å². The number of hydrogen-bond donors (Lipinski definition) is 0. The molecule has 0 radical (unpaired) electrons. The number of thioether (sulfide) groups is 3. The van der Waals surface area contributed by atoms with Crippen molar-refractivity contribution in [3.63, 3.8) is 0 Å². The molecular formula is C16H26O5S3. The topological polar surface area (TPSA) is 61.8 Å². The number of hydrogen-bond acceptors (Lipinski definition) is 8. The predicted octanol–water partition coefficient (Wildman–Crippen LogP) is 3.33. The zero-order valence-corrected chi connectivity index (χ0v) is 17.4. The third kappa shape index (κ3) is 5.98. The van der Waals surface area contributed by atoms with E-state index in [9.17, 15) is 9.59 Å². The smallest absolute Gasteiger partial charge is 0.302 e. The SMILES string of the molecule is CCS[C@@H]1C(=C(SC)SC)C(=O)[C@@H](OC(C)C)O[C@@H]1COC(C)=O. The molecule has 1 rings (SSSR count). The fourth-order valence-electron chi connectivity index (χ4n) is 2.30. The summed E-state index contributed by atoms with van der Waals surface area (Å²) in [7, 11) is 0. The Balaban J connectivity index is 3.22. The molecule has 0 aromatic carbocycles. The number of ether oxygens (including phenoxy) is 3. The van der Waals surface area contributed by atoms with Gasteiger partial charge in [-0.05, 0) is 32.1 Å². The van der Waals surface area contributed by atoms with E-state index in [1.165, 1.54) is 6.92 Å². The van der Waals surface area contributed by atoms with Gasteiger partial charge in [0.1, 0.15) is 12.7 Å². The molecule has 0 amide bonds. The van der Waals surface area contributed by atoms with Crippen molar-refractivity contribution in [2.45, 2.75) is 51.4 Å². The van der Waals surface area contributed by atoms with Crippen LogP contribution in [0.4, 0.5) is 0 Å². The number of Topliss-reactive ketones (excluding diaryl/α,β-unsaturated/α-hetero) is 1. The molecule has 0 aliphatic carbocycles. The van der Waals surface area contributed by atoms with Gasteiger partial charge in [-0.2, -0.15) is 11.8 Å². The van der Waals surface area contributed by atoms with Gasteiger partial charge < -0.3 is 14.2 Å². The fourth-order valence-corrected chi connectivity index (χ4v) is 5.13. The molecule has 0 aromatic rings. The number of carbonyl (C=O) groups excluding carboxylic acids is 2. The third-order valence-electron chi connectivity index (χ3n) is 3.18. The van der Waals surface area contributed by atoms with Gasteiger partial charge in [-0.15, -0.1) is 23.5 Å². The summed E-state index contributed by atoms with van der Waals surface area (Å²) in [5.41, 5.74) is 0.718. The summed E-state index contributed by atoms with van der Waals surface area (Å²) in [6, 6.07) is 0. The molecule has 1 saturated heterocycles. The number of ketones is 1. The molecule has 0 saturated carbocycles. The third-order valence-corrected chi connectivity index (χ3v) is 6.60. The molecule has 24 heavy (non-hydrogen) atoms. The number of esters is 1. The minimum atomic E-state index is -0.955. The van der Waals surface area contributed by atoms with Crippen molar-refractivity contribution in [1.29, 1.82) is 0 Å². The van der Waals surface area contributed by atoms with E-state index in [2.05, 4.69) is 0 Å². The van der Waals surface area contributed by atoms with Crippen molar-refractivity contribution < 1.29 is 23.8 Å². The van der Waals surface area contributed by atoms with Crippen LogP contribution in [-0.2, 0) is 23.8 Å². The van der Waals surface area contributed by atoms with Crippen molar-refractivity contribution in [3.8, 4) is 0 Å². The summed E-state index contributed by atoms with van der Waals surface area (Å²) in [5, 5.41) is -0.177. The molecule has 5 nitrogen and oxygen atoms in total. The molecule has 3 atom stereocenters. The zero-order chi connectivity index (χ0) is 18.3. The molecule has 1 heterocycles. The Hall–Kier alpha value is -0.150. The minimum absolute atomic E-state index is 0.109. The highest BCUT2D eigenvalue weighted by atomic mass is 32.2. The van der Waals surface area contributed by atoms with Crippen molar-refractivity contribution in [2.75, 3.05) is 24.9 Å². The van der Waals surface area contributed by atoms with Crippen LogP contribution < -0.4 is 0 Å². The van der Waals surface area contributed by atoms with Gasteiger partial charge in [-0.1, -0.05) is 6.92 Å². The first-order chi connectivity index (χ1) is 11.3. The Kier molecular flexibility index (Phi) is 9.81. The second kappa shape index (κ2) is 10.8. The van der Waals surface area contributed by atoms with Crippen LogP contribution >= 0.6 is 35.3 Å². The normalized spacial score (nSPS) is 24.4. The van der Waals surface area contributed by atoms with Crippen LogP contribution in [0.15, 0.2) is 9.81 Å². The Morgan fingerprint density at radius 2 is 1.92 bits per heavy atom. The van der Waals surface area contributed by atoms with Gasteiger partial charge in [0.05, 0.1) is 11.4 Å². The highest BCUT2D eigenvalue weighted by Gasteiger charge is 2.44. The van der Waals surface area contributed by atoms with E-state index >= 15 is 0 Å². The predicted molar refractivity (Wildman–Crippen MR) is 102 cm³/mol. The maximum absolute atomic E-state index is 12.9. The van der Waals surface area contributed by atoms with Crippen molar-refractivity contribution in [3.05, 3.63) is 9.81 Å². The van der Waals surface area contributed by atoms with Gasteiger partial charge in [-0.25, -0.2) is 0 Å². The van der Waals surface area contributed by atoms with E-state index < -0.39 is 12.4 Å². The Morgan fingerprint density at radius 1 is 1.29 bits per heavy atom. The summed E-state index contributed by atoms with van der Waals surface area (Å²) >= 11 is 4.72. The van der Waals surface area contributed by atoms with Crippen LogP contribution in [0.5, 0.6) is 0 Å². The van der Waals surface area contributed by atoms with Crippen LogP contribution in [0.25, 0.3) is 0 Å². The lowest BCUT2D eigenvalue weighted by Crippen LogP contribution is -2.49. The van der Waals surface area contributed by atoms with Gasteiger partial charge in [0.25, 0.3) is 0 Å². The van der Waals surface area contributed by atoms with E-state index in [0.29, 0.717) is 0 Å². The molecule has 1 aliphatic heterocycles. The Labute approximate surface area is 157 Å². The monoisotopic (exact) mass is 394 g/mol. The highest BCUT2D eigenvalue weighted by Crippen LogP contribution is 2.40. The lowest BCUT2D eigenvalue weighted by molar-refractivity contribution is -0.204. The summed E-state index contributed by atoms with van der Waals surface area (Å²) in [4.78, 5) is 24.1. The summed E-state index contributed by atoms with van der Waals surface area (Å²) in [5.74, 6) is 0.331. The quantitative estimate of drug-likeness (QED) is 0.459. The van der Waals surface area contributed by atoms with Gasteiger partial charge in [0.15, 0.2) is 0 Å². The van der Waals surface area contributed by atoms with Crippen LogP contribution in [-0.4, -0.2) is 60.4 Å². The lowest BCUT2D eigenvalue weighted by atomic mass is 10.0. The summed E-state index contributed by atoms with van der Waals surface area (Å²) in [6.07, 6.45) is 2.40. The first kappa shape index (κ1) is 21.9. The summed E-state index contributed by atoms with van der Waals surface area (Å²) < 4.78 is 17.7. The van der Waals surface area contributed by atoms with Crippen molar-refractivity contribution >= 4 is 47.0 Å². The molecule has 0 bridgehead atoms. The second-order valence-electron chi connectivity index (χ2n) is 5.34. The first-order valence-corrected chi connectivity index (χ1v) is 11.3. The first-order valence-electron chi connectivity index (χ1n) is 7.77.